The van der Waals surface area contributed by atoms with Crippen molar-refractivity contribution in [3.8, 4) is 0 Å². The smallest absolute Gasteiger partial charge is 0.336 e. The van der Waals surface area contributed by atoms with E-state index in [1.807, 2.05) is 10.7 Å². The number of aromatic nitrogens is 2. The average molecular weight is 281 g/mol. The minimum atomic E-state index is -0.915. The van der Waals surface area contributed by atoms with Crippen LogP contribution < -0.4 is 0 Å². The van der Waals surface area contributed by atoms with E-state index in [2.05, 4.69) is 21.0 Å². The molecule has 0 bridgehead atoms. The highest BCUT2D eigenvalue weighted by molar-refractivity contribution is 9.10. The van der Waals surface area contributed by atoms with E-state index in [0.29, 0.717) is 17.0 Å². The van der Waals surface area contributed by atoms with Crippen LogP contribution in [-0.4, -0.2) is 20.9 Å². The van der Waals surface area contributed by atoms with Crippen LogP contribution in [0.25, 0.3) is 10.9 Å². The number of benzene rings is 1. The van der Waals surface area contributed by atoms with Crippen LogP contribution in [0.4, 0.5) is 0 Å². The Morgan fingerprint density at radius 1 is 1.50 bits per heavy atom. The van der Waals surface area contributed by atoms with Crippen LogP contribution in [0.3, 0.4) is 0 Å². The molecule has 0 atom stereocenters. The predicted octanol–water partition coefficient (Wildman–Crippen LogP) is 2.83. The molecule has 1 heterocycles. The van der Waals surface area contributed by atoms with Crippen molar-refractivity contribution in [3.05, 3.63) is 28.4 Å². The number of hydrogen-bond acceptors (Lipinski definition) is 2. The number of aromatic carboxylic acids is 1. The van der Waals surface area contributed by atoms with E-state index < -0.39 is 5.97 Å². The highest BCUT2D eigenvalue weighted by Gasteiger charge is 2.26. The van der Waals surface area contributed by atoms with Gasteiger partial charge in [0.05, 0.1) is 23.3 Å². The molecule has 0 aliphatic heterocycles. The number of rotatable bonds is 2. The monoisotopic (exact) mass is 280 g/mol. The second-order valence-electron chi connectivity index (χ2n) is 4.01. The molecule has 0 saturated heterocycles. The van der Waals surface area contributed by atoms with Crippen molar-refractivity contribution in [3.63, 3.8) is 0 Å². The van der Waals surface area contributed by atoms with Gasteiger partial charge in [-0.25, -0.2) is 4.79 Å². The molecule has 2 aromatic rings. The van der Waals surface area contributed by atoms with Crippen molar-refractivity contribution >= 4 is 32.8 Å². The molecule has 1 N–H and O–H groups in total. The van der Waals surface area contributed by atoms with E-state index in [-0.39, 0.29) is 0 Å². The Labute approximate surface area is 100.0 Å². The molecule has 0 amide bonds. The fourth-order valence-corrected chi connectivity index (χ4v) is 2.34. The third-order valence-corrected chi connectivity index (χ3v) is 3.26. The highest BCUT2D eigenvalue weighted by atomic mass is 79.9. The van der Waals surface area contributed by atoms with Gasteiger partial charge in [-0.2, -0.15) is 5.10 Å². The van der Waals surface area contributed by atoms with Crippen molar-refractivity contribution in [2.24, 2.45) is 0 Å². The number of carboxylic acids is 1. The summed E-state index contributed by atoms with van der Waals surface area (Å²) in [5.74, 6) is -0.915. The van der Waals surface area contributed by atoms with Crippen molar-refractivity contribution in [2.75, 3.05) is 0 Å². The molecular formula is C11H9BrN2O2. The number of carbonyl (C=O) groups is 1. The van der Waals surface area contributed by atoms with Crippen molar-refractivity contribution < 1.29 is 9.90 Å². The Bertz CT molecular complexity index is 587. The Morgan fingerprint density at radius 2 is 2.25 bits per heavy atom. The molecule has 1 saturated carbocycles. The summed E-state index contributed by atoms with van der Waals surface area (Å²) in [6, 6.07) is 3.99. The summed E-state index contributed by atoms with van der Waals surface area (Å²) in [4.78, 5) is 11.1. The standard InChI is InChI=1S/C11H9BrN2O2/c12-6-3-8(11(15)16)9-5-13-14(7-1-2-7)10(9)4-6/h3-5,7H,1-2H2,(H,15,16). The SMILES string of the molecule is O=C(O)c1cc(Br)cc2c1cnn2C1CC1. The molecule has 82 valence electrons. The maximum atomic E-state index is 11.1. The molecule has 3 rings (SSSR count). The van der Waals surface area contributed by atoms with Gasteiger partial charge in [0, 0.05) is 9.86 Å². The van der Waals surface area contributed by atoms with E-state index in [9.17, 15) is 4.79 Å². The maximum absolute atomic E-state index is 11.1. The Morgan fingerprint density at radius 3 is 2.88 bits per heavy atom. The number of carboxylic acid groups (broad SMARTS) is 1. The van der Waals surface area contributed by atoms with Gasteiger partial charge in [0.2, 0.25) is 0 Å². The van der Waals surface area contributed by atoms with Gasteiger partial charge in [-0.15, -0.1) is 0 Å². The Hall–Kier alpha value is -1.36. The summed E-state index contributed by atoms with van der Waals surface area (Å²) >= 11 is 3.34. The van der Waals surface area contributed by atoms with Crippen molar-refractivity contribution in [1.29, 1.82) is 0 Å². The van der Waals surface area contributed by atoms with E-state index >= 15 is 0 Å². The molecule has 0 spiro atoms. The molecule has 5 heteroatoms. The molecule has 1 aliphatic carbocycles. The van der Waals surface area contributed by atoms with Gasteiger partial charge in [0.1, 0.15) is 0 Å². The minimum Gasteiger partial charge on any atom is -0.478 e. The van der Waals surface area contributed by atoms with Crippen LogP contribution in [0.1, 0.15) is 29.2 Å². The number of hydrogen-bond donors (Lipinski definition) is 1. The lowest BCUT2D eigenvalue weighted by Gasteiger charge is -2.02. The van der Waals surface area contributed by atoms with Gasteiger partial charge in [0.25, 0.3) is 0 Å². The topological polar surface area (TPSA) is 55.1 Å². The summed E-state index contributed by atoms with van der Waals surface area (Å²) in [6.07, 6.45) is 3.90. The second kappa shape index (κ2) is 3.31. The largest absolute Gasteiger partial charge is 0.478 e. The van der Waals surface area contributed by atoms with E-state index in [1.54, 1.807) is 12.3 Å². The molecule has 1 aromatic heterocycles. The summed E-state index contributed by atoms with van der Waals surface area (Å²) in [7, 11) is 0. The third kappa shape index (κ3) is 1.43. The lowest BCUT2D eigenvalue weighted by atomic mass is 10.1. The molecule has 4 nitrogen and oxygen atoms in total. The third-order valence-electron chi connectivity index (χ3n) is 2.80. The number of halogens is 1. The van der Waals surface area contributed by atoms with E-state index in [0.717, 1.165) is 22.8 Å². The van der Waals surface area contributed by atoms with E-state index in [4.69, 9.17) is 5.11 Å². The van der Waals surface area contributed by atoms with Gasteiger partial charge in [-0.3, -0.25) is 4.68 Å². The first-order chi connectivity index (χ1) is 7.66. The lowest BCUT2D eigenvalue weighted by Crippen LogP contribution is -1.99. The van der Waals surface area contributed by atoms with Crippen LogP contribution in [0.15, 0.2) is 22.8 Å². The molecule has 0 unspecified atom stereocenters. The van der Waals surface area contributed by atoms with Crippen LogP contribution >= 0.6 is 15.9 Å². The summed E-state index contributed by atoms with van der Waals surface area (Å²) < 4.78 is 2.70. The minimum absolute atomic E-state index is 0.302. The molecule has 0 radical (unpaired) electrons. The predicted molar refractivity (Wildman–Crippen MR) is 62.7 cm³/mol. The quantitative estimate of drug-likeness (QED) is 0.920. The van der Waals surface area contributed by atoms with Crippen LogP contribution in [-0.2, 0) is 0 Å². The van der Waals surface area contributed by atoms with Crippen LogP contribution in [0.5, 0.6) is 0 Å². The van der Waals surface area contributed by atoms with Crippen molar-refractivity contribution in [2.45, 2.75) is 18.9 Å². The average Bonchev–Trinajstić information content (AvgIpc) is 2.98. The summed E-state index contributed by atoms with van der Waals surface area (Å²) in [5, 5.41) is 14.1. The highest BCUT2D eigenvalue weighted by Crippen LogP contribution is 2.37. The number of fused-ring (bicyclic) bond motifs is 1. The lowest BCUT2D eigenvalue weighted by molar-refractivity contribution is 0.0699. The second-order valence-corrected chi connectivity index (χ2v) is 4.93. The summed E-state index contributed by atoms with van der Waals surface area (Å²) in [5.41, 5.74) is 1.20. The number of nitrogens with zero attached hydrogens (tertiary/aromatic N) is 2. The normalized spacial score (nSPS) is 15.6. The van der Waals surface area contributed by atoms with Gasteiger partial charge < -0.3 is 5.11 Å². The van der Waals surface area contributed by atoms with Crippen LogP contribution in [0, 0.1) is 0 Å². The fraction of sp³-hybridized carbons (Fsp3) is 0.273. The molecule has 16 heavy (non-hydrogen) atoms. The van der Waals surface area contributed by atoms with Gasteiger partial charge in [-0.1, -0.05) is 15.9 Å². The van der Waals surface area contributed by atoms with Crippen molar-refractivity contribution in [1.82, 2.24) is 9.78 Å². The summed E-state index contributed by atoms with van der Waals surface area (Å²) in [6.45, 7) is 0. The van der Waals surface area contributed by atoms with Gasteiger partial charge in [0.15, 0.2) is 0 Å². The molecule has 1 fully saturated rings. The zero-order valence-electron chi connectivity index (χ0n) is 8.35. The van der Waals surface area contributed by atoms with Crippen LogP contribution in [0.2, 0.25) is 0 Å². The first kappa shape index (κ1) is 9.84. The van der Waals surface area contributed by atoms with E-state index in [1.165, 1.54) is 0 Å². The van der Waals surface area contributed by atoms with Gasteiger partial charge >= 0.3 is 5.97 Å². The Balaban J connectivity index is 2.31. The first-order valence-corrected chi connectivity index (χ1v) is 5.86. The Kier molecular flexibility index (Phi) is 2.04. The molecule has 1 aromatic carbocycles. The first-order valence-electron chi connectivity index (χ1n) is 5.07. The fourth-order valence-electron chi connectivity index (χ4n) is 1.90. The zero-order chi connectivity index (χ0) is 11.3. The zero-order valence-corrected chi connectivity index (χ0v) is 9.94. The maximum Gasteiger partial charge on any atom is 0.336 e. The molecular weight excluding hydrogens is 272 g/mol. The molecule has 1 aliphatic rings. The van der Waals surface area contributed by atoms with Gasteiger partial charge in [-0.05, 0) is 25.0 Å².